The molecule has 2 rings (SSSR count). The van der Waals surface area contributed by atoms with E-state index >= 15 is 0 Å². The predicted molar refractivity (Wildman–Crippen MR) is 111 cm³/mol. The molecule has 0 heterocycles. The van der Waals surface area contributed by atoms with Crippen LogP contribution in [0.1, 0.15) is 31.7 Å². The summed E-state index contributed by atoms with van der Waals surface area (Å²) in [4.78, 5) is 4.19. The van der Waals surface area contributed by atoms with Crippen LogP contribution in [0.15, 0.2) is 29.3 Å². The third-order valence-corrected chi connectivity index (χ3v) is 5.39. The summed E-state index contributed by atoms with van der Waals surface area (Å²) in [6, 6.07) is 6.75. The van der Waals surface area contributed by atoms with Crippen molar-refractivity contribution in [1.29, 1.82) is 0 Å². The molecule has 1 saturated carbocycles. The highest BCUT2D eigenvalue weighted by atomic mass is 127. The average molecular weight is 483 g/mol. The summed E-state index contributed by atoms with van der Waals surface area (Å²) in [5, 5.41) is 6.49. The fraction of sp³-hybridized carbons (Fsp3) is 0.588. The number of hydrogen-bond acceptors (Lipinski definition) is 3. The molecule has 1 aromatic rings. The van der Waals surface area contributed by atoms with Crippen molar-refractivity contribution in [2.45, 2.75) is 37.6 Å². The fourth-order valence-corrected chi connectivity index (χ4v) is 3.46. The third kappa shape index (κ3) is 7.08. The first-order valence-electron chi connectivity index (χ1n) is 8.15. The summed E-state index contributed by atoms with van der Waals surface area (Å²) < 4.78 is 35.9. The molecule has 1 fully saturated rings. The normalized spacial score (nSPS) is 17.4. The van der Waals surface area contributed by atoms with Gasteiger partial charge in [0.25, 0.3) is 0 Å². The lowest BCUT2D eigenvalue weighted by atomic mass is 9.96. The van der Waals surface area contributed by atoms with Gasteiger partial charge in [0.2, 0.25) is 0 Å². The first-order valence-corrected chi connectivity index (χ1v) is 10.2. The van der Waals surface area contributed by atoms with E-state index in [-0.39, 0.29) is 47.0 Å². The van der Waals surface area contributed by atoms with Crippen molar-refractivity contribution in [3.63, 3.8) is 0 Å². The molecule has 0 radical (unpaired) electrons. The smallest absolute Gasteiger partial charge is 0.191 e. The first-order chi connectivity index (χ1) is 11.2. The van der Waals surface area contributed by atoms with Gasteiger partial charge >= 0.3 is 0 Å². The van der Waals surface area contributed by atoms with Gasteiger partial charge in [-0.1, -0.05) is 12.1 Å². The van der Waals surface area contributed by atoms with Crippen molar-refractivity contribution in [1.82, 2.24) is 10.6 Å². The number of rotatable bonds is 7. The highest BCUT2D eigenvalue weighted by Crippen LogP contribution is 2.47. The van der Waals surface area contributed by atoms with Crippen molar-refractivity contribution >= 4 is 39.8 Å². The lowest BCUT2D eigenvalue weighted by Crippen LogP contribution is -2.45. The minimum absolute atomic E-state index is 0. The van der Waals surface area contributed by atoms with E-state index in [4.69, 9.17) is 0 Å². The molecular formula is C17H27FIN3O2S. The van der Waals surface area contributed by atoms with Crippen LogP contribution >= 0.6 is 24.0 Å². The Morgan fingerprint density at radius 3 is 2.60 bits per heavy atom. The molecule has 0 aliphatic heterocycles. The van der Waals surface area contributed by atoms with Crippen LogP contribution in [0, 0.1) is 5.82 Å². The maximum Gasteiger partial charge on any atom is 0.191 e. The Bertz CT molecular complexity index is 706. The van der Waals surface area contributed by atoms with E-state index in [0.717, 1.165) is 18.4 Å². The highest BCUT2D eigenvalue weighted by molar-refractivity contribution is 14.0. The summed E-state index contributed by atoms with van der Waals surface area (Å²) in [6.07, 6.45) is 3.80. The van der Waals surface area contributed by atoms with E-state index < -0.39 is 9.84 Å². The second-order valence-corrected chi connectivity index (χ2v) is 8.94. The zero-order chi connectivity index (χ0) is 17.8. The molecule has 1 aromatic carbocycles. The summed E-state index contributed by atoms with van der Waals surface area (Å²) in [6.45, 7) is 2.60. The van der Waals surface area contributed by atoms with Crippen LogP contribution in [0.5, 0.6) is 0 Å². The maximum absolute atomic E-state index is 13.4. The van der Waals surface area contributed by atoms with E-state index in [2.05, 4.69) is 15.6 Å². The fourth-order valence-electron chi connectivity index (χ4n) is 2.68. The molecule has 5 nitrogen and oxygen atoms in total. The van der Waals surface area contributed by atoms with Crippen LogP contribution in [0.2, 0.25) is 0 Å². The summed E-state index contributed by atoms with van der Waals surface area (Å²) >= 11 is 0. The van der Waals surface area contributed by atoms with Crippen LogP contribution < -0.4 is 10.6 Å². The number of aliphatic imine (C=N–C) groups is 1. The average Bonchev–Trinajstić information content (AvgIpc) is 3.30. The van der Waals surface area contributed by atoms with Crippen molar-refractivity contribution < 1.29 is 12.8 Å². The summed E-state index contributed by atoms with van der Waals surface area (Å²) in [5.74, 6) is 0.570. The van der Waals surface area contributed by atoms with Gasteiger partial charge in [-0.15, -0.1) is 24.0 Å². The molecule has 2 N–H and O–H groups in total. The molecule has 25 heavy (non-hydrogen) atoms. The van der Waals surface area contributed by atoms with E-state index in [9.17, 15) is 12.8 Å². The zero-order valence-electron chi connectivity index (χ0n) is 14.9. The van der Waals surface area contributed by atoms with Gasteiger partial charge in [0, 0.05) is 31.3 Å². The molecule has 1 atom stereocenters. The minimum atomic E-state index is -2.96. The monoisotopic (exact) mass is 483 g/mol. The Morgan fingerprint density at radius 1 is 1.40 bits per heavy atom. The molecule has 1 aliphatic rings. The van der Waals surface area contributed by atoms with Crippen molar-refractivity contribution in [2.75, 3.05) is 25.6 Å². The van der Waals surface area contributed by atoms with Gasteiger partial charge in [-0.2, -0.15) is 0 Å². The highest BCUT2D eigenvalue weighted by Gasteiger charge is 2.44. The topological polar surface area (TPSA) is 70.6 Å². The molecule has 0 amide bonds. The molecule has 1 unspecified atom stereocenters. The SMILES string of the molecule is CN=C(NCC1(c2cccc(F)c2)CC1)NC(C)CCS(C)(=O)=O.I. The number of nitrogens with one attached hydrogen (secondary N) is 2. The predicted octanol–water partition coefficient (Wildman–Crippen LogP) is 2.46. The number of sulfone groups is 1. The van der Waals surface area contributed by atoms with E-state index in [1.807, 2.05) is 13.0 Å². The van der Waals surface area contributed by atoms with Gasteiger partial charge in [0.1, 0.15) is 15.7 Å². The minimum Gasteiger partial charge on any atom is -0.356 e. The van der Waals surface area contributed by atoms with Crippen molar-refractivity contribution in [2.24, 2.45) is 4.99 Å². The van der Waals surface area contributed by atoms with E-state index in [1.54, 1.807) is 19.2 Å². The largest absolute Gasteiger partial charge is 0.356 e. The van der Waals surface area contributed by atoms with Crippen molar-refractivity contribution in [3.8, 4) is 0 Å². The summed E-state index contributed by atoms with van der Waals surface area (Å²) in [7, 11) is -1.28. The van der Waals surface area contributed by atoms with Gasteiger partial charge < -0.3 is 10.6 Å². The van der Waals surface area contributed by atoms with E-state index in [1.165, 1.54) is 12.3 Å². The van der Waals surface area contributed by atoms with Crippen LogP contribution in [0.3, 0.4) is 0 Å². The lowest BCUT2D eigenvalue weighted by molar-refractivity contribution is 0.575. The lowest BCUT2D eigenvalue weighted by Gasteiger charge is -2.21. The number of halogens is 2. The Kier molecular flexibility index (Phi) is 8.11. The number of hydrogen-bond donors (Lipinski definition) is 2. The molecule has 0 spiro atoms. The quantitative estimate of drug-likeness (QED) is 0.355. The van der Waals surface area contributed by atoms with E-state index in [0.29, 0.717) is 18.9 Å². The second kappa shape index (κ2) is 9.16. The van der Waals surface area contributed by atoms with Gasteiger partial charge in [0.05, 0.1) is 5.75 Å². The number of guanidine groups is 1. The molecular weight excluding hydrogens is 456 g/mol. The molecule has 142 valence electrons. The standard InChI is InChI=1S/C17H26FN3O2S.HI/c1-13(7-10-24(3,22)23)21-16(19-2)20-12-17(8-9-17)14-5-4-6-15(18)11-14;/h4-6,11,13H,7-10,12H2,1-3H3,(H2,19,20,21);1H. The van der Waals surface area contributed by atoms with Crippen LogP contribution in [0.4, 0.5) is 4.39 Å². The number of benzene rings is 1. The molecule has 0 saturated heterocycles. The van der Waals surface area contributed by atoms with Crippen molar-refractivity contribution in [3.05, 3.63) is 35.6 Å². The molecule has 8 heteroatoms. The summed E-state index contributed by atoms with van der Waals surface area (Å²) in [5.41, 5.74) is 0.978. The molecule has 1 aliphatic carbocycles. The Morgan fingerprint density at radius 2 is 2.08 bits per heavy atom. The Balaban J connectivity index is 0.00000312. The van der Waals surface area contributed by atoms with Crippen LogP contribution in [-0.4, -0.2) is 46.0 Å². The first kappa shape index (κ1) is 22.1. The van der Waals surface area contributed by atoms with Crippen LogP contribution in [0.25, 0.3) is 0 Å². The number of nitrogens with zero attached hydrogens (tertiary/aromatic N) is 1. The van der Waals surface area contributed by atoms with Gasteiger partial charge in [0.15, 0.2) is 5.96 Å². The zero-order valence-corrected chi connectivity index (χ0v) is 18.0. The second-order valence-electron chi connectivity index (χ2n) is 6.68. The van der Waals surface area contributed by atoms with Gasteiger partial charge in [-0.25, -0.2) is 12.8 Å². The Hall–Kier alpha value is -0.900. The van der Waals surface area contributed by atoms with Crippen LogP contribution in [-0.2, 0) is 15.3 Å². The van der Waals surface area contributed by atoms with Gasteiger partial charge in [-0.3, -0.25) is 4.99 Å². The maximum atomic E-state index is 13.4. The molecule has 0 aromatic heterocycles. The Labute approximate surface area is 166 Å². The third-order valence-electron chi connectivity index (χ3n) is 4.41. The van der Waals surface area contributed by atoms with Gasteiger partial charge in [-0.05, 0) is 43.9 Å². The molecule has 0 bridgehead atoms.